The number of carbonyl (C=O) groups is 3. The quantitative estimate of drug-likeness (QED) is 0.563. The van der Waals surface area contributed by atoms with E-state index in [4.69, 9.17) is 14.2 Å². The molecule has 172 valence electrons. The molecule has 1 aliphatic carbocycles. The van der Waals surface area contributed by atoms with Crippen LogP contribution in [-0.2, 0) is 28.6 Å². The highest BCUT2D eigenvalue weighted by molar-refractivity contribution is 5.85. The summed E-state index contributed by atoms with van der Waals surface area (Å²) in [4.78, 5) is 35.6. The van der Waals surface area contributed by atoms with E-state index >= 15 is 0 Å². The number of aliphatic hydroxyl groups excluding tert-OH is 2. The van der Waals surface area contributed by atoms with Gasteiger partial charge >= 0.3 is 5.97 Å². The van der Waals surface area contributed by atoms with Gasteiger partial charge in [0.1, 0.15) is 23.8 Å². The van der Waals surface area contributed by atoms with Crippen LogP contribution in [0, 0.1) is 11.3 Å². The molecular formula is C22H36O8. The van der Waals surface area contributed by atoms with Crippen LogP contribution in [0.1, 0.15) is 73.1 Å². The van der Waals surface area contributed by atoms with Crippen LogP contribution in [0.2, 0.25) is 0 Å². The maximum absolute atomic E-state index is 12.9. The molecule has 0 amide bonds. The third-order valence-electron chi connectivity index (χ3n) is 6.54. The van der Waals surface area contributed by atoms with E-state index in [0.29, 0.717) is 32.1 Å². The van der Waals surface area contributed by atoms with Crippen molar-refractivity contribution < 1.29 is 38.8 Å². The van der Waals surface area contributed by atoms with Gasteiger partial charge in [-0.05, 0) is 52.4 Å². The zero-order valence-corrected chi connectivity index (χ0v) is 18.7. The van der Waals surface area contributed by atoms with Crippen LogP contribution in [0.15, 0.2) is 0 Å². The van der Waals surface area contributed by atoms with Gasteiger partial charge in [-0.3, -0.25) is 9.59 Å². The molecule has 1 saturated carbocycles. The molecule has 0 aromatic rings. The summed E-state index contributed by atoms with van der Waals surface area (Å²) < 4.78 is 16.8. The summed E-state index contributed by atoms with van der Waals surface area (Å²) in [6, 6.07) is 0. The predicted octanol–water partition coefficient (Wildman–Crippen LogP) is 1.93. The highest BCUT2D eigenvalue weighted by atomic mass is 16.7. The summed E-state index contributed by atoms with van der Waals surface area (Å²) in [6.45, 7) is 8.32. The molecule has 30 heavy (non-hydrogen) atoms. The van der Waals surface area contributed by atoms with E-state index in [-0.39, 0.29) is 24.1 Å². The Hall–Kier alpha value is -1.35. The van der Waals surface area contributed by atoms with Crippen molar-refractivity contribution in [3.05, 3.63) is 0 Å². The maximum Gasteiger partial charge on any atom is 0.303 e. The van der Waals surface area contributed by atoms with Gasteiger partial charge < -0.3 is 29.2 Å². The molecule has 8 nitrogen and oxygen atoms in total. The second-order valence-electron chi connectivity index (χ2n) is 9.53. The lowest BCUT2D eigenvalue weighted by Crippen LogP contribution is -2.58. The SMILES string of the molecule is CC(=O)CCCC1(C)CCC(C(C)(C)OC2OCC(O)C(O)C2OC(C)=O)CC1=O. The molecule has 0 radical (unpaired) electrons. The van der Waals surface area contributed by atoms with Gasteiger partial charge in [-0.15, -0.1) is 0 Å². The largest absolute Gasteiger partial charge is 0.454 e. The van der Waals surface area contributed by atoms with E-state index in [1.54, 1.807) is 6.92 Å². The van der Waals surface area contributed by atoms with Crippen LogP contribution < -0.4 is 0 Å². The molecule has 2 N–H and O–H groups in total. The number of rotatable bonds is 8. The van der Waals surface area contributed by atoms with Gasteiger partial charge in [0.05, 0.1) is 12.2 Å². The van der Waals surface area contributed by atoms with Crippen LogP contribution in [0.25, 0.3) is 0 Å². The number of ether oxygens (including phenoxy) is 3. The fourth-order valence-electron chi connectivity index (χ4n) is 4.37. The molecule has 0 bridgehead atoms. The Morgan fingerprint density at radius 3 is 2.50 bits per heavy atom. The van der Waals surface area contributed by atoms with Crippen molar-refractivity contribution in [1.29, 1.82) is 0 Å². The summed E-state index contributed by atoms with van der Waals surface area (Å²) in [5.74, 6) is -0.388. The van der Waals surface area contributed by atoms with Crippen LogP contribution >= 0.6 is 0 Å². The first-order valence-corrected chi connectivity index (χ1v) is 10.7. The van der Waals surface area contributed by atoms with E-state index in [2.05, 4.69) is 0 Å². The number of Topliss-reactive ketones (excluding diaryl/α,β-unsaturated/α-hetero) is 2. The smallest absolute Gasteiger partial charge is 0.303 e. The van der Waals surface area contributed by atoms with Crippen LogP contribution in [0.4, 0.5) is 0 Å². The molecule has 2 fully saturated rings. The summed E-state index contributed by atoms with van der Waals surface area (Å²) in [7, 11) is 0. The third kappa shape index (κ3) is 6.09. The number of ketones is 2. The molecule has 1 saturated heterocycles. The minimum Gasteiger partial charge on any atom is -0.454 e. The highest BCUT2D eigenvalue weighted by Gasteiger charge is 2.48. The predicted molar refractivity (Wildman–Crippen MR) is 107 cm³/mol. The van der Waals surface area contributed by atoms with E-state index < -0.39 is 41.6 Å². The molecule has 0 aromatic carbocycles. The molecule has 2 rings (SSSR count). The average Bonchev–Trinajstić information content (AvgIpc) is 2.63. The van der Waals surface area contributed by atoms with Crippen LogP contribution in [0.3, 0.4) is 0 Å². The van der Waals surface area contributed by atoms with Gasteiger partial charge in [0.15, 0.2) is 12.4 Å². The Balaban J connectivity index is 2.02. The Morgan fingerprint density at radius 1 is 1.27 bits per heavy atom. The van der Waals surface area contributed by atoms with E-state index in [0.717, 1.165) is 6.42 Å². The Morgan fingerprint density at radius 2 is 1.93 bits per heavy atom. The maximum atomic E-state index is 12.9. The highest BCUT2D eigenvalue weighted by Crippen LogP contribution is 2.44. The Labute approximate surface area is 178 Å². The lowest BCUT2D eigenvalue weighted by molar-refractivity contribution is -0.307. The fraction of sp³-hybridized carbons (Fsp3) is 0.864. The van der Waals surface area contributed by atoms with Crippen molar-refractivity contribution in [3.8, 4) is 0 Å². The normalized spacial score (nSPS) is 35.2. The molecular weight excluding hydrogens is 392 g/mol. The molecule has 1 aliphatic heterocycles. The third-order valence-corrected chi connectivity index (χ3v) is 6.54. The summed E-state index contributed by atoms with van der Waals surface area (Å²) in [5.41, 5.74) is -1.20. The lowest BCUT2D eigenvalue weighted by atomic mass is 9.65. The van der Waals surface area contributed by atoms with Crippen molar-refractivity contribution in [2.45, 2.75) is 103 Å². The number of aliphatic hydroxyl groups is 2. The second kappa shape index (κ2) is 9.85. The number of carbonyl (C=O) groups excluding carboxylic acids is 3. The first-order chi connectivity index (χ1) is 13.9. The minimum atomic E-state index is -1.32. The number of hydrogen-bond donors (Lipinski definition) is 2. The van der Waals surface area contributed by atoms with Crippen molar-refractivity contribution in [1.82, 2.24) is 0 Å². The summed E-state index contributed by atoms with van der Waals surface area (Å²) >= 11 is 0. The molecule has 6 unspecified atom stereocenters. The standard InChI is InChI=1S/C22H36O8/c1-13(23)7-6-9-22(5)10-8-15(11-17(22)26)21(3,4)30-20-19(29-14(2)24)18(27)16(25)12-28-20/h15-16,18-20,25,27H,6-12H2,1-5H3. The topological polar surface area (TPSA) is 119 Å². The van der Waals surface area contributed by atoms with Gasteiger partial charge in [0.25, 0.3) is 0 Å². The van der Waals surface area contributed by atoms with Crippen LogP contribution in [-0.4, -0.2) is 64.6 Å². The Kier molecular flexibility index (Phi) is 8.18. The van der Waals surface area contributed by atoms with Gasteiger partial charge in [-0.1, -0.05) is 6.92 Å². The molecule has 0 spiro atoms. The minimum absolute atomic E-state index is 0.0727. The van der Waals surface area contributed by atoms with Crippen LogP contribution in [0.5, 0.6) is 0 Å². The number of hydrogen-bond acceptors (Lipinski definition) is 8. The van der Waals surface area contributed by atoms with Gasteiger partial charge in [-0.25, -0.2) is 0 Å². The average molecular weight is 429 g/mol. The first kappa shape index (κ1) is 24.9. The molecule has 2 aliphatic rings. The fourth-order valence-corrected chi connectivity index (χ4v) is 4.37. The zero-order chi connectivity index (χ0) is 22.7. The van der Waals surface area contributed by atoms with E-state index in [1.807, 2.05) is 20.8 Å². The number of esters is 1. The zero-order valence-electron chi connectivity index (χ0n) is 18.7. The molecule has 1 heterocycles. The molecule has 6 atom stereocenters. The Bertz CT molecular complexity index is 645. The first-order valence-electron chi connectivity index (χ1n) is 10.7. The van der Waals surface area contributed by atoms with E-state index in [1.165, 1.54) is 6.92 Å². The second-order valence-corrected chi connectivity index (χ2v) is 9.53. The van der Waals surface area contributed by atoms with Crippen molar-refractivity contribution in [2.75, 3.05) is 6.61 Å². The van der Waals surface area contributed by atoms with Gasteiger partial charge in [-0.2, -0.15) is 0 Å². The summed E-state index contributed by atoms with van der Waals surface area (Å²) in [5, 5.41) is 20.1. The monoisotopic (exact) mass is 428 g/mol. The molecule has 0 aromatic heterocycles. The lowest BCUT2D eigenvalue weighted by Gasteiger charge is -2.46. The van der Waals surface area contributed by atoms with Crippen molar-refractivity contribution in [3.63, 3.8) is 0 Å². The van der Waals surface area contributed by atoms with E-state index in [9.17, 15) is 24.6 Å². The van der Waals surface area contributed by atoms with Crippen molar-refractivity contribution in [2.24, 2.45) is 11.3 Å². The van der Waals surface area contributed by atoms with Gasteiger partial charge in [0.2, 0.25) is 0 Å². The molecule has 8 heteroatoms. The van der Waals surface area contributed by atoms with Crippen molar-refractivity contribution >= 4 is 17.5 Å². The summed E-state index contributed by atoms with van der Waals surface area (Å²) in [6.07, 6.45) is -0.960. The van der Waals surface area contributed by atoms with Gasteiger partial charge in [0, 0.05) is 25.2 Å².